The monoisotopic (exact) mass is 701 g/mol. The van der Waals surface area contributed by atoms with Crippen LogP contribution in [0.2, 0.25) is 0 Å². The van der Waals surface area contributed by atoms with Crippen LogP contribution < -0.4 is 4.90 Å². The lowest BCUT2D eigenvalue weighted by atomic mass is 9.67. The second-order valence-corrected chi connectivity index (χ2v) is 14.4. The smallest absolute Gasteiger partial charge is 0.143 e. The number of nitrogens with zero attached hydrogens (tertiary/aromatic N) is 1. The van der Waals surface area contributed by atoms with E-state index in [0.29, 0.717) is 0 Å². The maximum atomic E-state index is 6.89. The van der Waals surface area contributed by atoms with E-state index in [-0.39, 0.29) is 0 Å². The zero-order valence-electron chi connectivity index (χ0n) is 30.1. The van der Waals surface area contributed by atoms with Gasteiger partial charge >= 0.3 is 0 Å². The highest BCUT2D eigenvalue weighted by Gasteiger charge is 2.46. The predicted octanol–water partition coefficient (Wildman–Crippen LogP) is 14.2. The zero-order chi connectivity index (χ0) is 36.3. The van der Waals surface area contributed by atoms with E-state index < -0.39 is 5.41 Å². The van der Waals surface area contributed by atoms with Crippen molar-refractivity contribution in [3.63, 3.8) is 0 Å². The first-order valence-corrected chi connectivity index (χ1v) is 18.9. The van der Waals surface area contributed by atoms with Crippen LogP contribution in [0.4, 0.5) is 17.1 Å². The topological polar surface area (TPSA) is 16.4 Å². The fraction of sp³-hybridized carbons (Fsp3) is 0.0189. The highest BCUT2D eigenvalue weighted by molar-refractivity contribution is 6.23. The third-order valence-electron chi connectivity index (χ3n) is 11.5. The average molecular weight is 702 g/mol. The number of hydrogen-bond acceptors (Lipinski definition) is 2. The van der Waals surface area contributed by atoms with Crippen molar-refractivity contribution in [3.05, 3.63) is 235 Å². The average Bonchev–Trinajstić information content (AvgIpc) is 3.80. The second-order valence-electron chi connectivity index (χ2n) is 14.4. The normalized spacial score (nSPS) is 12.9. The van der Waals surface area contributed by atoms with Gasteiger partial charge in [-0.15, -0.1) is 0 Å². The summed E-state index contributed by atoms with van der Waals surface area (Å²) in [5.41, 5.74) is 14.6. The quantitative estimate of drug-likeness (QED) is 0.172. The molecule has 1 aliphatic rings. The molecule has 55 heavy (non-hydrogen) atoms. The van der Waals surface area contributed by atoms with Crippen molar-refractivity contribution in [2.75, 3.05) is 4.90 Å². The first-order chi connectivity index (χ1) is 27.3. The number of benzene rings is 9. The van der Waals surface area contributed by atoms with E-state index >= 15 is 0 Å². The van der Waals surface area contributed by atoms with Crippen molar-refractivity contribution in [2.45, 2.75) is 5.41 Å². The molecule has 0 atom stereocenters. The van der Waals surface area contributed by atoms with Crippen molar-refractivity contribution >= 4 is 49.8 Å². The van der Waals surface area contributed by atoms with Gasteiger partial charge in [0.25, 0.3) is 0 Å². The summed E-state index contributed by atoms with van der Waals surface area (Å²) in [5, 5.41) is 4.45. The van der Waals surface area contributed by atoms with E-state index in [9.17, 15) is 0 Å². The molecule has 0 aliphatic heterocycles. The van der Waals surface area contributed by atoms with Gasteiger partial charge in [0.1, 0.15) is 11.2 Å². The van der Waals surface area contributed by atoms with Gasteiger partial charge in [0.2, 0.25) is 0 Å². The van der Waals surface area contributed by atoms with Crippen LogP contribution in [0.5, 0.6) is 0 Å². The molecule has 11 rings (SSSR count). The largest absolute Gasteiger partial charge is 0.455 e. The van der Waals surface area contributed by atoms with Gasteiger partial charge in [-0.3, -0.25) is 0 Å². The molecule has 10 aromatic rings. The van der Waals surface area contributed by atoms with Crippen molar-refractivity contribution in [1.82, 2.24) is 0 Å². The lowest BCUT2D eigenvalue weighted by Gasteiger charge is -2.34. The van der Waals surface area contributed by atoms with E-state index in [0.717, 1.165) is 44.4 Å². The standard InChI is InChI=1S/C53H35NO/c1-5-19-36(20-6-1)53(37-21-7-2-8-22-37)46-31-16-15-29-43(46)50-41(30-17-32-47(50)53)44-35-45-51-48(54(38-23-9-3-10-24-38)39-25-11-4-12-26-39)33-18-34-49(51)55-52(45)42-28-14-13-27-40(42)44/h1-35H. The number of fused-ring (bicyclic) bond motifs is 8. The van der Waals surface area contributed by atoms with E-state index in [1.54, 1.807) is 0 Å². The molecule has 0 unspecified atom stereocenters. The maximum absolute atomic E-state index is 6.89. The van der Waals surface area contributed by atoms with E-state index in [2.05, 4.69) is 217 Å². The molecule has 0 fully saturated rings. The van der Waals surface area contributed by atoms with Gasteiger partial charge in [-0.2, -0.15) is 0 Å². The predicted molar refractivity (Wildman–Crippen MR) is 229 cm³/mol. The van der Waals surface area contributed by atoms with Crippen LogP contribution in [0.15, 0.2) is 217 Å². The van der Waals surface area contributed by atoms with Gasteiger partial charge in [-0.05, 0) is 92.4 Å². The summed E-state index contributed by atoms with van der Waals surface area (Å²) < 4.78 is 6.89. The molecule has 1 aliphatic carbocycles. The molecule has 258 valence electrons. The number of anilines is 3. The molecule has 0 bridgehead atoms. The van der Waals surface area contributed by atoms with Gasteiger partial charge in [0.15, 0.2) is 0 Å². The van der Waals surface area contributed by atoms with Crippen molar-refractivity contribution in [2.24, 2.45) is 0 Å². The number of rotatable bonds is 6. The minimum absolute atomic E-state index is 0.480. The highest BCUT2D eigenvalue weighted by atomic mass is 16.3. The van der Waals surface area contributed by atoms with Crippen molar-refractivity contribution in [3.8, 4) is 22.3 Å². The molecule has 9 aromatic carbocycles. The first-order valence-electron chi connectivity index (χ1n) is 18.9. The maximum Gasteiger partial charge on any atom is 0.143 e. The Hall–Kier alpha value is -7.16. The Bertz CT molecular complexity index is 2940. The number of hydrogen-bond donors (Lipinski definition) is 0. The minimum Gasteiger partial charge on any atom is -0.455 e. The molecule has 0 spiro atoms. The summed E-state index contributed by atoms with van der Waals surface area (Å²) in [5.74, 6) is 0. The van der Waals surface area contributed by atoms with Gasteiger partial charge < -0.3 is 9.32 Å². The number of furan rings is 1. The molecule has 0 radical (unpaired) electrons. The van der Waals surface area contributed by atoms with Crippen LogP contribution in [-0.2, 0) is 5.41 Å². The van der Waals surface area contributed by atoms with Crippen LogP contribution in [-0.4, -0.2) is 0 Å². The van der Waals surface area contributed by atoms with E-state index in [4.69, 9.17) is 4.42 Å². The van der Waals surface area contributed by atoms with Crippen LogP contribution in [0.3, 0.4) is 0 Å². The molecule has 1 heterocycles. The summed E-state index contributed by atoms with van der Waals surface area (Å²) in [6.45, 7) is 0. The Morgan fingerprint density at radius 3 is 1.58 bits per heavy atom. The minimum atomic E-state index is -0.480. The van der Waals surface area contributed by atoms with Gasteiger partial charge in [-0.25, -0.2) is 0 Å². The molecule has 0 saturated carbocycles. The lowest BCUT2D eigenvalue weighted by molar-refractivity contribution is 0.672. The Kier molecular flexibility index (Phi) is 7.11. The number of para-hydroxylation sites is 2. The van der Waals surface area contributed by atoms with Crippen molar-refractivity contribution < 1.29 is 4.42 Å². The molecule has 0 N–H and O–H groups in total. The molecule has 0 saturated heterocycles. The second kappa shape index (κ2) is 12.5. The van der Waals surface area contributed by atoms with E-state index in [1.165, 1.54) is 49.9 Å². The van der Waals surface area contributed by atoms with Crippen LogP contribution in [0.1, 0.15) is 22.3 Å². The lowest BCUT2D eigenvalue weighted by Crippen LogP contribution is -2.28. The third kappa shape index (κ3) is 4.62. The van der Waals surface area contributed by atoms with Gasteiger partial charge in [0, 0.05) is 22.1 Å². The molecular formula is C53H35NO. The fourth-order valence-electron chi connectivity index (χ4n) is 9.34. The summed E-state index contributed by atoms with van der Waals surface area (Å²) in [7, 11) is 0. The van der Waals surface area contributed by atoms with E-state index in [1.807, 2.05) is 0 Å². The van der Waals surface area contributed by atoms with Crippen LogP contribution >= 0.6 is 0 Å². The Labute approximate surface area is 320 Å². The van der Waals surface area contributed by atoms with Crippen LogP contribution in [0, 0.1) is 0 Å². The van der Waals surface area contributed by atoms with Gasteiger partial charge in [0.05, 0.1) is 16.5 Å². The molecule has 0 amide bonds. The Morgan fingerprint density at radius 2 is 0.909 bits per heavy atom. The SMILES string of the molecule is c1ccc(N(c2ccccc2)c2cccc3oc4c5ccccc5c(-c5cccc6c5-c5ccccc5C6(c5ccccc5)c5ccccc5)cc4c23)cc1. The van der Waals surface area contributed by atoms with Gasteiger partial charge in [-0.1, -0.05) is 170 Å². The highest BCUT2D eigenvalue weighted by Crippen LogP contribution is 2.59. The van der Waals surface area contributed by atoms with Crippen LogP contribution in [0.25, 0.3) is 55.0 Å². The Balaban J connectivity index is 1.24. The zero-order valence-corrected chi connectivity index (χ0v) is 30.1. The molecule has 1 aromatic heterocycles. The molecule has 2 heteroatoms. The summed E-state index contributed by atoms with van der Waals surface area (Å²) in [6.07, 6.45) is 0. The first kappa shape index (κ1) is 31.4. The fourth-order valence-corrected chi connectivity index (χ4v) is 9.34. The molecular weight excluding hydrogens is 667 g/mol. The van der Waals surface area contributed by atoms with Crippen molar-refractivity contribution in [1.29, 1.82) is 0 Å². The Morgan fingerprint density at radius 1 is 0.382 bits per heavy atom. The third-order valence-corrected chi connectivity index (χ3v) is 11.5. The summed E-state index contributed by atoms with van der Waals surface area (Å²) in [6, 6.07) is 76.8. The summed E-state index contributed by atoms with van der Waals surface area (Å²) >= 11 is 0. The summed E-state index contributed by atoms with van der Waals surface area (Å²) in [4.78, 5) is 2.34. The molecule has 2 nitrogen and oxygen atoms in total.